The molecule has 6 nitrogen and oxygen atoms in total. The van der Waals surface area contributed by atoms with Gasteiger partial charge in [-0.05, 0) is 38.1 Å². The van der Waals surface area contributed by atoms with E-state index in [1.165, 1.54) is 48.9 Å². The first-order valence-electron chi connectivity index (χ1n) is 8.18. The average Bonchev–Trinajstić information content (AvgIpc) is 3.14. The molecule has 2 rings (SSSR count). The monoisotopic (exact) mass is 412 g/mol. The maximum Gasteiger partial charge on any atom is 0.339 e. The predicted molar refractivity (Wildman–Crippen MR) is 96.6 cm³/mol. The molecule has 0 bridgehead atoms. The number of carbonyl (C=O) groups excluding carboxylic acids is 1. The Bertz CT molecular complexity index is 970. The minimum absolute atomic E-state index is 0.0151. The smallest absolute Gasteiger partial charge is 0.339 e. The molecule has 2 aromatic rings. The quantitative estimate of drug-likeness (QED) is 0.276. The molecule has 0 saturated heterocycles. The van der Waals surface area contributed by atoms with Crippen LogP contribution in [-0.2, 0) is 23.8 Å². The molecule has 0 spiro atoms. The summed E-state index contributed by atoms with van der Waals surface area (Å²) in [6.45, 7) is 3.32. The molecule has 0 N–H and O–H groups in total. The second-order valence-electron chi connectivity index (χ2n) is 5.66. The third-order valence-corrected chi connectivity index (χ3v) is 4.77. The Kier molecular flexibility index (Phi) is 7.11. The van der Waals surface area contributed by atoms with Gasteiger partial charge in [0.25, 0.3) is 0 Å². The first-order valence-corrected chi connectivity index (χ1v) is 9.59. The van der Waals surface area contributed by atoms with Gasteiger partial charge in [0.15, 0.2) is 5.76 Å². The summed E-state index contributed by atoms with van der Waals surface area (Å²) in [4.78, 5) is 11.8. The van der Waals surface area contributed by atoms with Gasteiger partial charge in [0.2, 0.25) is 0 Å². The fourth-order valence-electron chi connectivity index (χ4n) is 2.15. The van der Waals surface area contributed by atoms with E-state index in [1.807, 2.05) is 0 Å². The maximum atomic E-state index is 13.4. The number of aryl methyl sites for hydroxylation is 1. The number of hydrogen-bond donors (Lipinski definition) is 0. The van der Waals surface area contributed by atoms with Crippen molar-refractivity contribution >= 4 is 22.2 Å². The summed E-state index contributed by atoms with van der Waals surface area (Å²) in [6.07, 6.45) is 0.736. The second-order valence-corrected chi connectivity index (χ2v) is 7.20. The zero-order chi connectivity index (χ0) is 20.7. The first-order chi connectivity index (χ1) is 13.2. The predicted octanol–water partition coefficient (Wildman–Crippen LogP) is 4.44. The van der Waals surface area contributed by atoms with E-state index in [4.69, 9.17) is 9.15 Å². The SMILES string of the molecule is CCOC(=O)/C(=C/c1ccoc1)CC(OS(=O)(=O)c1ccc(C)cc1)=C(F)F. The van der Waals surface area contributed by atoms with Crippen molar-refractivity contribution in [2.45, 2.75) is 25.2 Å². The summed E-state index contributed by atoms with van der Waals surface area (Å²) in [7, 11) is -4.50. The average molecular weight is 412 g/mol. The van der Waals surface area contributed by atoms with Crippen LogP contribution in [0.2, 0.25) is 0 Å². The van der Waals surface area contributed by atoms with Crippen molar-refractivity contribution in [2.24, 2.45) is 0 Å². The molecule has 0 amide bonds. The van der Waals surface area contributed by atoms with E-state index in [-0.39, 0.29) is 17.1 Å². The fourth-order valence-corrected chi connectivity index (χ4v) is 3.10. The lowest BCUT2D eigenvalue weighted by atomic mass is 10.1. The Hall–Kier alpha value is -2.94. The minimum Gasteiger partial charge on any atom is -0.472 e. The molecule has 0 saturated carbocycles. The molecule has 0 radical (unpaired) electrons. The van der Waals surface area contributed by atoms with Crippen molar-refractivity contribution in [1.29, 1.82) is 0 Å². The Morgan fingerprint density at radius 1 is 1.18 bits per heavy atom. The largest absolute Gasteiger partial charge is 0.472 e. The number of benzene rings is 1. The second kappa shape index (κ2) is 9.32. The highest BCUT2D eigenvalue weighted by atomic mass is 32.2. The number of ether oxygens (including phenoxy) is 1. The maximum absolute atomic E-state index is 13.4. The molecular formula is C19H18F2O6S. The normalized spacial score (nSPS) is 11.8. The van der Waals surface area contributed by atoms with Crippen LogP contribution in [0, 0.1) is 6.92 Å². The van der Waals surface area contributed by atoms with Crippen LogP contribution in [-0.4, -0.2) is 21.0 Å². The third-order valence-electron chi connectivity index (χ3n) is 3.50. The van der Waals surface area contributed by atoms with Crippen molar-refractivity contribution in [2.75, 3.05) is 6.61 Å². The summed E-state index contributed by atoms with van der Waals surface area (Å²) in [5.41, 5.74) is 0.993. The van der Waals surface area contributed by atoms with Crippen LogP contribution in [0.1, 0.15) is 24.5 Å². The van der Waals surface area contributed by atoms with E-state index in [0.717, 1.165) is 5.56 Å². The summed E-state index contributed by atoms with van der Waals surface area (Å²) in [6, 6.07) is 7.00. The first kappa shape index (κ1) is 21.4. The molecule has 0 fully saturated rings. The Morgan fingerprint density at radius 2 is 1.86 bits per heavy atom. The Labute approximate surface area is 161 Å². The van der Waals surface area contributed by atoms with Crippen molar-refractivity contribution in [3.63, 3.8) is 0 Å². The lowest BCUT2D eigenvalue weighted by Crippen LogP contribution is -2.12. The van der Waals surface area contributed by atoms with Crippen molar-refractivity contribution in [1.82, 2.24) is 0 Å². The lowest BCUT2D eigenvalue weighted by molar-refractivity contribution is -0.138. The van der Waals surface area contributed by atoms with Crippen LogP contribution in [0.3, 0.4) is 0 Å². The van der Waals surface area contributed by atoms with Crippen molar-refractivity contribution < 1.29 is 35.3 Å². The molecule has 1 heterocycles. The van der Waals surface area contributed by atoms with E-state index in [9.17, 15) is 22.0 Å². The molecule has 150 valence electrons. The zero-order valence-corrected chi connectivity index (χ0v) is 16.0. The van der Waals surface area contributed by atoms with E-state index in [0.29, 0.717) is 5.56 Å². The van der Waals surface area contributed by atoms with Crippen LogP contribution >= 0.6 is 0 Å². The number of furan rings is 1. The number of hydrogen-bond acceptors (Lipinski definition) is 6. The van der Waals surface area contributed by atoms with Crippen LogP contribution in [0.4, 0.5) is 8.78 Å². The molecule has 0 aliphatic rings. The van der Waals surface area contributed by atoms with Gasteiger partial charge in [-0.1, -0.05) is 17.7 Å². The van der Waals surface area contributed by atoms with Crippen LogP contribution in [0.5, 0.6) is 0 Å². The fraction of sp³-hybridized carbons (Fsp3) is 0.211. The molecule has 1 aromatic heterocycles. The third kappa shape index (κ3) is 5.78. The van der Waals surface area contributed by atoms with Gasteiger partial charge in [-0.2, -0.15) is 17.2 Å². The highest BCUT2D eigenvalue weighted by molar-refractivity contribution is 7.86. The van der Waals surface area contributed by atoms with Gasteiger partial charge in [0.1, 0.15) is 4.90 Å². The zero-order valence-electron chi connectivity index (χ0n) is 15.1. The molecule has 1 aromatic carbocycles. The van der Waals surface area contributed by atoms with Crippen LogP contribution in [0.15, 0.2) is 69.6 Å². The van der Waals surface area contributed by atoms with Gasteiger partial charge in [0, 0.05) is 17.6 Å². The standard InChI is InChI=1S/C19H18F2O6S/c1-3-26-19(22)15(10-14-8-9-25-12-14)11-17(18(20)21)27-28(23,24)16-6-4-13(2)5-7-16/h4-10,12H,3,11H2,1-2H3/b15-10+. The Balaban J connectivity index is 2.33. The van der Waals surface area contributed by atoms with Gasteiger partial charge in [-0.3, -0.25) is 0 Å². The molecule has 0 aliphatic heterocycles. The number of esters is 1. The minimum atomic E-state index is -4.50. The van der Waals surface area contributed by atoms with E-state index in [1.54, 1.807) is 13.8 Å². The highest BCUT2D eigenvalue weighted by Gasteiger charge is 2.24. The van der Waals surface area contributed by atoms with Gasteiger partial charge in [-0.25, -0.2) is 4.79 Å². The Morgan fingerprint density at radius 3 is 2.39 bits per heavy atom. The van der Waals surface area contributed by atoms with E-state index >= 15 is 0 Å². The number of allylic oxidation sites excluding steroid dienone is 1. The number of rotatable bonds is 8. The van der Waals surface area contributed by atoms with Crippen molar-refractivity contribution in [3.8, 4) is 0 Å². The van der Waals surface area contributed by atoms with E-state index < -0.39 is 34.3 Å². The summed E-state index contributed by atoms with van der Waals surface area (Å²) >= 11 is 0. The van der Waals surface area contributed by atoms with Gasteiger partial charge in [-0.15, -0.1) is 0 Å². The van der Waals surface area contributed by atoms with Crippen LogP contribution in [0.25, 0.3) is 6.08 Å². The molecule has 9 heteroatoms. The van der Waals surface area contributed by atoms with E-state index in [2.05, 4.69) is 4.18 Å². The lowest BCUT2D eigenvalue weighted by Gasteiger charge is -2.12. The summed E-state index contributed by atoms with van der Waals surface area (Å²) in [5, 5.41) is 0. The number of carbonyl (C=O) groups is 1. The van der Waals surface area contributed by atoms with Gasteiger partial charge < -0.3 is 13.3 Å². The van der Waals surface area contributed by atoms with Crippen molar-refractivity contribution in [3.05, 3.63) is 71.4 Å². The highest BCUT2D eigenvalue weighted by Crippen LogP contribution is 2.26. The molecule has 0 aliphatic carbocycles. The molecular weight excluding hydrogens is 394 g/mol. The molecule has 0 atom stereocenters. The molecule has 0 unspecified atom stereocenters. The van der Waals surface area contributed by atoms with Gasteiger partial charge in [0.05, 0.1) is 19.1 Å². The van der Waals surface area contributed by atoms with Crippen LogP contribution < -0.4 is 0 Å². The summed E-state index contributed by atoms with van der Waals surface area (Å²) in [5.74, 6) is -2.04. The van der Waals surface area contributed by atoms with Gasteiger partial charge >= 0.3 is 22.2 Å². The molecule has 28 heavy (non-hydrogen) atoms. The topological polar surface area (TPSA) is 82.8 Å². The summed E-state index contributed by atoms with van der Waals surface area (Å²) < 4.78 is 65.8. The number of halogens is 2.